The molecule has 8 heteroatoms. The van der Waals surface area contributed by atoms with Gasteiger partial charge in [-0.05, 0) is 42.0 Å². The molecule has 0 spiro atoms. The van der Waals surface area contributed by atoms with Gasteiger partial charge in [-0.2, -0.15) is 4.98 Å². The van der Waals surface area contributed by atoms with Crippen molar-refractivity contribution in [2.45, 2.75) is 6.42 Å². The minimum atomic E-state index is -0.465. The summed E-state index contributed by atoms with van der Waals surface area (Å²) in [6.45, 7) is 0.251. The minimum Gasteiger partial charge on any atom is -0.351 e. The topological polar surface area (TPSA) is 101 Å². The number of aromatic nitrogens is 3. The molecule has 0 atom stereocenters. The highest BCUT2D eigenvalue weighted by molar-refractivity contribution is 6.30. The predicted molar refractivity (Wildman–Crippen MR) is 113 cm³/mol. The Hall–Kier alpha value is -3.71. The Morgan fingerprint density at radius 2 is 1.77 bits per heavy atom. The summed E-state index contributed by atoms with van der Waals surface area (Å²) in [6.07, 6.45) is 0.340. The van der Waals surface area contributed by atoms with Gasteiger partial charge >= 0.3 is 0 Å². The van der Waals surface area contributed by atoms with E-state index >= 15 is 0 Å². The molecule has 0 fully saturated rings. The highest BCUT2D eigenvalue weighted by Crippen LogP contribution is 2.18. The first-order valence-electron chi connectivity index (χ1n) is 9.25. The van der Waals surface area contributed by atoms with Gasteiger partial charge in [-0.1, -0.05) is 47.1 Å². The molecule has 2 aromatic carbocycles. The molecule has 0 aliphatic heterocycles. The average Bonchev–Trinajstić information content (AvgIpc) is 3.23. The second-order valence-electron chi connectivity index (χ2n) is 6.51. The Morgan fingerprint density at radius 3 is 2.50 bits per heavy atom. The van der Waals surface area contributed by atoms with Crippen molar-refractivity contribution in [3.8, 4) is 22.6 Å². The number of halogens is 1. The van der Waals surface area contributed by atoms with Gasteiger partial charge in [-0.15, -0.1) is 0 Å². The van der Waals surface area contributed by atoms with Crippen molar-refractivity contribution in [3.63, 3.8) is 0 Å². The second kappa shape index (κ2) is 8.75. The Morgan fingerprint density at radius 1 is 1.00 bits per heavy atom. The first-order chi connectivity index (χ1) is 14.6. The summed E-state index contributed by atoms with van der Waals surface area (Å²) in [4.78, 5) is 31.7. The van der Waals surface area contributed by atoms with Crippen LogP contribution in [-0.4, -0.2) is 27.6 Å². The Balaban J connectivity index is 1.36. The third-order valence-corrected chi connectivity index (χ3v) is 4.69. The SMILES string of the molecule is O=C(NCCc1nc(-c2ccc(Cl)cc2)no1)c1ccc(-c2ccccc2)[nH]c1=O. The number of carbonyl (C=O) groups is 1. The molecule has 30 heavy (non-hydrogen) atoms. The van der Waals surface area contributed by atoms with Gasteiger partial charge in [0.2, 0.25) is 11.7 Å². The van der Waals surface area contributed by atoms with Crippen LogP contribution in [0.5, 0.6) is 0 Å². The molecule has 0 radical (unpaired) electrons. The van der Waals surface area contributed by atoms with Gasteiger partial charge < -0.3 is 14.8 Å². The lowest BCUT2D eigenvalue weighted by molar-refractivity contribution is 0.0952. The molecule has 0 saturated heterocycles. The van der Waals surface area contributed by atoms with Gasteiger partial charge in [0.05, 0.1) is 0 Å². The third kappa shape index (κ3) is 4.47. The lowest BCUT2D eigenvalue weighted by Crippen LogP contribution is -2.31. The zero-order chi connectivity index (χ0) is 20.9. The zero-order valence-electron chi connectivity index (χ0n) is 15.8. The van der Waals surface area contributed by atoms with Crippen molar-refractivity contribution in [1.82, 2.24) is 20.4 Å². The summed E-state index contributed by atoms with van der Waals surface area (Å²) in [5, 5.41) is 7.25. The summed E-state index contributed by atoms with van der Waals surface area (Å²) in [5.74, 6) is 0.364. The highest BCUT2D eigenvalue weighted by atomic mass is 35.5. The fraction of sp³-hybridized carbons (Fsp3) is 0.0909. The van der Waals surface area contributed by atoms with Crippen LogP contribution in [0.3, 0.4) is 0 Å². The standard InChI is InChI=1S/C22H17ClN4O3/c23-16-8-6-15(7-9-16)20-26-19(30-27-20)12-13-24-21(28)17-10-11-18(25-22(17)29)14-4-2-1-3-5-14/h1-11H,12-13H2,(H,24,28)(H,25,29). The van der Waals surface area contributed by atoms with Crippen LogP contribution >= 0.6 is 11.6 Å². The van der Waals surface area contributed by atoms with E-state index in [1.165, 1.54) is 6.07 Å². The molecule has 150 valence electrons. The van der Waals surface area contributed by atoms with E-state index in [0.717, 1.165) is 11.1 Å². The van der Waals surface area contributed by atoms with E-state index in [2.05, 4.69) is 20.4 Å². The van der Waals surface area contributed by atoms with Gasteiger partial charge in [-0.3, -0.25) is 9.59 Å². The van der Waals surface area contributed by atoms with Crippen LogP contribution in [0.1, 0.15) is 16.2 Å². The molecule has 0 saturated carbocycles. The van der Waals surface area contributed by atoms with E-state index in [-0.39, 0.29) is 12.1 Å². The van der Waals surface area contributed by atoms with E-state index < -0.39 is 11.5 Å². The normalized spacial score (nSPS) is 10.7. The van der Waals surface area contributed by atoms with Crippen molar-refractivity contribution < 1.29 is 9.32 Å². The van der Waals surface area contributed by atoms with E-state index in [0.29, 0.717) is 28.9 Å². The number of amides is 1. The number of nitrogens with one attached hydrogen (secondary N) is 2. The van der Waals surface area contributed by atoms with Crippen molar-refractivity contribution in [2.24, 2.45) is 0 Å². The smallest absolute Gasteiger partial charge is 0.261 e. The van der Waals surface area contributed by atoms with Crippen molar-refractivity contribution in [2.75, 3.05) is 6.54 Å². The minimum absolute atomic E-state index is 0.0436. The Bertz CT molecular complexity index is 1220. The molecular weight excluding hydrogens is 404 g/mol. The molecule has 0 aliphatic rings. The molecule has 0 bridgehead atoms. The third-order valence-electron chi connectivity index (χ3n) is 4.43. The molecule has 2 heterocycles. The fourth-order valence-electron chi connectivity index (χ4n) is 2.89. The monoisotopic (exact) mass is 420 g/mol. The lowest BCUT2D eigenvalue weighted by atomic mass is 10.1. The molecule has 0 unspecified atom stereocenters. The Labute approximate surface area is 176 Å². The van der Waals surface area contributed by atoms with E-state index in [1.807, 2.05) is 30.3 Å². The van der Waals surface area contributed by atoms with Crippen LogP contribution in [0.15, 0.2) is 76.0 Å². The maximum Gasteiger partial charge on any atom is 0.261 e. The molecule has 1 amide bonds. The maximum absolute atomic E-state index is 12.4. The molecular formula is C22H17ClN4O3. The molecule has 0 aliphatic carbocycles. The molecule has 4 rings (SSSR count). The first kappa shape index (κ1) is 19.6. The summed E-state index contributed by atoms with van der Waals surface area (Å²) < 4.78 is 5.21. The van der Waals surface area contributed by atoms with Crippen LogP contribution in [0.25, 0.3) is 22.6 Å². The lowest BCUT2D eigenvalue weighted by Gasteiger charge is -2.05. The highest BCUT2D eigenvalue weighted by Gasteiger charge is 2.13. The summed E-state index contributed by atoms with van der Waals surface area (Å²) in [5.41, 5.74) is 1.90. The predicted octanol–water partition coefficient (Wildman–Crippen LogP) is 3.72. The van der Waals surface area contributed by atoms with Crippen LogP contribution in [0.4, 0.5) is 0 Å². The summed E-state index contributed by atoms with van der Waals surface area (Å²) in [6, 6.07) is 19.7. The number of benzene rings is 2. The number of rotatable bonds is 6. The van der Waals surface area contributed by atoms with Crippen LogP contribution in [0.2, 0.25) is 5.02 Å². The van der Waals surface area contributed by atoms with E-state index in [9.17, 15) is 9.59 Å². The van der Waals surface area contributed by atoms with Crippen LogP contribution in [-0.2, 0) is 6.42 Å². The van der Waals surface area contributed by atoms with Crippen LogP contribution in [0, 0.1) is 0 Å². The van der Waals surface area contributed by atoms with Crippen molar-refractivity contribution in [3.05, 3.63) is 93.6 Å². The van der Waals surface area contributed by atoms with E-state index in [1.54, 1.807) is 30.3 Å². The number of hydrogen-bond acceptors (Lipinski definition) is 5. The van der Waals surface area contributed by atoms with Gasteiger partial charge in [0, 0.05) is 29.2 Å². The Kier molecular flexibility index (Phi) is 5.72. The number of carbonyl (C=O) groups excluding carboxylic acids is 1. The number of H-pyrrole nitrogens is 1. The maximum atomic E-state index is 12.4. The van der Waals surface area contributed by atoms with Crippen molar-refractivity contribution >= 4 is 17.5 Å². The number of nitrogens with zero attached hydrogens (tertiary/aromatic N) is 2. The molecule has 7 nitrogen and oxygen atoms in total. The average molecular weight is 421 g/mol. The number of hydrogen-bond donors (Lipinski definition) is 2. The molecule has 2 aromatic heterocycles. The molecule has 2 N–H and O–H groups in total. The van der Waals surface area contributed by atoms with E-state index in [4.69, 9.17) is 16.1 Å². The quantitative estimate of drug-likeness (QED) is 0.495. The number of pyridine rings is 1. The zero-order valence-corrected chi connectivity index (χ0v) is 16.5. The number of aromatic amines is 1. The summed E-state index contributed by atoms with van der Waals surface area (Å²) >= 11 is 5.87. The van der Waals surface area contributed by atoms with Gasteiger partial charge in [0.1, 0.15) is 5.56 Å². The fourth-order valence-corrected chi connectivity index (χ4v) is 3.02. The largest absolute Gasteiger partial charge is 0.351 e. The van der Waals surface area contributed by atoms with Gasteiger partial charge in [-0.25, -0.2) is 0 Å². The van der Waals surface area contributed by atoms with Gasteiger partial charge in [0.25, 0.3) is 11.5 Å². The first-order valence-corrected chi connectivity index (χ1v) is 9.63. The van der Waals surface area contributed by atoms with Gasteiger partial charge in [0.15, 0.2) is 0 Å². The van der Waals surface area contributed by atoms with Crippen LogP contribution < -0.4 is 10.9 Å². The van der Waals surface area contributed by atoms with Crippen molar-refractivity contribution in [1.29, 1.82) is 0 Å². The summed E-state index contributed by atoms with van der Waals surface area (Å²) in [7, 11) is 0. The molecule has 4 aromatic rings. The second-order valence-corrected chi connectivity index (χ2v) is 6.94.